The quantitative estimate of drug-likeness (QED) is 0.0346. The third-order valence-corrected chi connectivity index (χ3v) is 24.7. The van der Waals surface area contributed by atoms with Gasteiger partial charge in [0.1, 0.15) is 30.2 Å². The first-order chi connectivity index (χ1) is 53.3. The van der Waals surface area contributed by atoms with Crippen LogP contribution < -0.4 is 54.2 Å². The maximum absolute atomic E-state index is 12.3. The van der Waals surface area contributed by atoms with Gasteiger partial charge in [-0.15, -0.1) is 0 Å². The van der Waals surface area contributed by atoms with Crippen molar-refractivity contribution in [2.24, 2.45) is 11.7 Å². The molecule has 17 amide bonds. The van der Waals surface area contributed by atoms with E-state index in [9.17, 15) is 62.6 Å². The number of urea groups is 6. The number of hydrogen-bond acceptors (Lipinski definition) is 22. The molecule has 0 spiro atoms. The van der Waals surface area contributed by atoms with Gasteiger partial charge in [0.25, 0.3) is 23.6 Å². The van der Waals surface area contributed by atoms with Crippen molar-refractivity contribution in [1.82, 2.24) is 107 Å². The zero-order valence-corrected chi connectivity index (χ0v) is 64.9. The van der Waals surface area contributed by atoms with Gasteiger partial charge in [-0.05, 0) is 129 Å². The van der Waals surface area contributed by atoms with Crippen molar-refractivity contribution >= 4 is 71.5 Å². The predicted octanol–water partition coefficient (Wildman–Crippen LogP) is -3.14. The Bertz CT molecular complexity index is 3360. The number of Topliss-reactive ketones (excluding diaryl/α,β-unsaturated/α-hetero) is 1. The maximum atomic E-state index is 12.3. The molecule has 16 aliphatic rings. The second kappa shape index (κ2) is 38.5. The van der Waals surface area contributed by atoms with E-state index in [-0.39, 0.29) is 157 Å². The summed E-state index contributed by atoms with van der Waals surface area (Å²) >= 11 is 0. The second-order valence-corrected chi connectivity index (χ2v) is 31.7. The summed E-state index contributed by atoms with van der Waals surface area (Å²) < 4.78 is 0. The van der Waals surface area contributed by atoms with Gasteiger partial charge < -0.3 is 91.3 Å². The lowest BCUT2D eigenvalue weighted by Gasteiger charge is -2.29. The summed E-state index contributed by atoms with van der Waals surface area (Å²) in [6.07, 6.45) is 14.7. The first kappa shape index (κ1) is 83.7. The van der Waals surface area contributed by atoms with Crippen LogP contribution in [0.4, 0.5) is 28.8 Å². The molecule has 0 aromatic carbocycles. The zero-order chi connectivity index (χ0) is 79.3. The van der Waals surface area contributed by atoms with E-state index in [4.69, 9.17) is 31.7 Å². The fourth-order valence-corrected chi connectivity index (χ4v) is 17.6. The summed E-state index contributed by atoms with van der Waals surface area (Å²) in [6, 6.07) is -0.418. The second-order valence-electron chi connectivity index (χ2n) is 31.7. The van der Waals surface area contributed by atoms with Crippen LogP contribution in [-0.4, -0.2) is 386 Å². The Labute approximate surface area is 647 Å². The van der Waals surface area contributed by atoms with E-state index in [1.165, 1.54) is 0 Å². The fraction of sp³-hybridized carbons (Fsp3) is 0.817. The molecule has 40 heteroatoms. The number of nitrogens with one attached hydrogen (secondary N) is 9. The number of carbonyl (C=O) groups is 12. The molecule has 0 saturated carbocycles. The largest absolute Gasteiger partial charge is 0.392 e. The highest BCUT2D eigenvalue weighted by Crippen LogP contribution is 2.34. The van der Waals surface area contributed by atoms with Gasteiger partial charge in [-0.3, -0.25) is 57.9 Å². The number of ketones is 1. The molecule has 16 saturated heterocycles. The number of hydroxylamine groups is 4. The molecule has 12 N–H and O–H groups in total. The number of aliphatic hydroxyl groups is 1. The van der Waals surface area contributed by atoms with E-state index in [1.807, 2.05) is 7.05 Å². The van der Waals surface area contributed by atoms with Crippen LogP contribution in [0.1, 0.15) is 116 Å². The van der Waals surface area contributed by atoms with Crippen molar-refractivity contribution in [2.45, 2.75) is 212 Å². The van der Waals surface area contributed by atoms with Crippen molar-refractivity contribution in [3.05, 3.63) is 11.4 Å². The lowest BCUT2D eigenvalue weighted by atomic mass is 9.95. The fourth-order valence-electron chi connectivity index (χ4n) is 17.6. The molecule has 16 fully saturated rings. The molecule has 618 valence electrons. The van der Waals surface area contributed by atoms with Gasteiger partial charge in [-0.2, -0.15) is 0 Å². The predicted molar refractivity (Wildman–Crippen MR) is 396 cm³/mol. The van der Waals surface area contributed by atoms with Gasteiger partial charge in [-0.1, -0.05) is 0 Å². The molecule has 0 radical (unpaired) electrons. The molecule has 12 bridgehead atoms. The van der Waals surface area contributed by atoms with Crippen LogP contribution in [0, 0.1) is 12.5 Å². The van der Waals surface area contributed by atoms with Crippen molar-refractivity contribution < 1.29 is 82.0 Å². The number of likely N-dealkylation sites (N-methyl/N-ethyl adjacent to an activating group) is 6. The molecule has 16 rings (SSSR count). The van der Waals surface area contributed by atoms with E-state index in [1.54, 1.807) is 94.0 Å². The number of nitrogens with zero attached hydrogens (tertiary/aromatic N) is 13. The Hall–Kier alpha value is -8.27. The van der Waals surface area contributed by atoms with Gasteiger partial charge in [0, 0.05) is 126 Å². The van der Waals surface area contributed by atoms with Gasteiger partial charge in [-0.25, -0.2) is 57.3 Å². The molecule has 0 aromatic heterocycles. The molecule has 40 nitrogen and oxygen atoms in total. The molecule has 16 aliphatic heterocycles. The Balaban J connectivity index is 0.000000133. The number of nitrogens with two attached hydrogens (primary N) is 1. The van der Waals surface area contributed by atoms with Crippen molar-refractivity contribution in [1.29, 1.82) is 0 Å². The first-order valence-electron chi connectivity index (χ1n) is 39.7. The Morgan fingerprint density at radius 3 is 1.23 bits per heavy atom. The number of aliphatic hydroxyl groups excluding tert-OH is 1. The van der Waals surface area contributed by atoms with Crippen LogP contribution in [0.25, 0.3) is 4.85 Å². The van der Waals surface area contributed by atoms with E-state index in [2.05, 4.69) is 53.3 Å². The van der Waals surface area contributed by atoms with Crippen molar-refractivity contribution in [2.75, 3.05) is 154 Å². The number of rotatable bonds is 19. The highest BCUT2D eigenvalue weighted by atomic mass is 16.7. The smallest absolute Gasteiger partial charge is 0.325 e. The molecular formula is C71H117N23O17. The Morgan fingerprint density at radius 1 is 0.450 bits per heavy atom. The summed E-state index contributed by atoms with van der Waals surface area (Å²) in [5.74, 6) is -1.04. The zero-order valence-electron chi connectivity index (χ0n) is 64.9. The van der Waals surface area contributed by atoms with Crippen LogP contribution in [0.2, 0.25) is 0 Å². The van der Waals surface area contributed by atoms with Gasteiger partial charge >= 0.3 is 42.4 Å². The number of carbonyl (C=O) groups excluding carboxylic acids is 12. The molecule has 0 aromatic rings. The highest BCUT2D eigenvalue weighted by molar-refractivity contribution is 5.93. The first-order valence-corrected chi connectivity index (χ1v) is 39.7. The molecule has 0 aliphatic carbocycles. The summed E-state index contributed by atoms with van der Waals surface area (Å²) in [6.45, 7) is 17.2. The molecule has 16 heterocycles. The lowest BCUT2D eigenvalue weighted by molar-refractivity contribution is -0.143. The van der Waals surface area contributed by atoms with Crippen LogP contribution in [0.3, 0.4) is 0 Å². The van der Waals surface area contributed by atoms with Crippen LogP contribution >= 0.6 is 0 Å². The number of piperidine rings is 7. The SMILES string of the molecule is CN1C(=O)N2C[C@H]1CC[C@H]2C(=O)NCC(=O)[C@@H]1CCCNC1.CN1C(=O)N2C[C@H]1CC[C@H]2C(=O)NOCCN.CN1C(=O)N2C[C@H]1CC[C@H]2C(=O)NOC[C@@H]1CCCN1.CN1C(=O)N2C[C@H]1CC[C@H]2C(=O)NOC[C@@H]1C[C@H](O)CN1.CN1C(=O)N2C[C@H]1CC[C@H]2C(=O)NO[C@H]1CCNC1.[C-]#[N+][C@@H]1CC[C@@H]2CN1C(=O)N2C. The standard InChI is InChI=1S/C15H24N4O3.C13H22N4O4.C13H22N4O3.C12H20N4O3.C10H18N4O3.C8H11N3O/c1-18-11-4-5-12(19(9-11)15(18)22)14(21)17-8-13(20)10-3-2-6-16-7-10;1-16-9-2-3-11(17(6-9)13(16)20)12(19)15-21-7-8-4-10(18)5-14-8;1-16-10-4-5-11(17(7-10)13(16)19)12(18)15-20-8-9-3-2-6-14-9;1-15-8-2-3-10(16(7-8)12(15)18)11(17)14-19-9-4-5-13-6-9;1-13-7-2-3-8(14(6-7)10(13)16)9(15)12-17-5-4-11;1-9-7-4-3-6-5-11(7)8(12)10(6)2/h10-12,16H,2-9H2,1H3,(H,17,21);8-11,14,18H,2-7H2,1H3,(H,15,19);9-11,14H,2-8H2,1H3,(H,15,18);8-10,13H,2-7H2,1H3,(H,14,17);7-8H,2-6,11H2,1H3,(H,12,15);6-7H,3-5H2,2H3/t10-,11-,12+;8-,9+,10-,11-;9-,10+,11-;8-,9+,10+;7-,8+;6-,7+/m100111/s1. The average molecular weight is 1560 g/mol. The summed E-state index contributed by atoms with van der Waals surface area (Å²) in [7, 11) is 10.8. The number of fused-ring (bicyclic) bond motifs is 12. The molecule has 0 unspecified atom stereocenters. The summed E-state index contributed by atoms with van der Waals surface area (Å²) in [5, 5.41) is 24.9. The van der Waals surface area contributed by atoms with E-state index in [0.29, 0.717) is 116 Å². The van der Waals surface area contributed by atoms with E-state index < -0.39 is 18.1 Å². The minimum absolute atomic E-state index is 0.00402. The number of hydrogen-bond donors (Lipinski definition) is 11. The van der Waals surface area contributed by atoms with Crippen molar-refractivity contribution in [3.8, 4) is 0 Å². The molecular weight excluding hydrogens is 1450 g/mol. The summed E-state index contributed by atoms with van der Waals surface area (Å²) in [5.41, 5.74) is 15.1. The van der Waals surface area contributed by atoms with Crippen LogP contribution in [-0.2, 0) is 48.1 Å². The minimum atomic E-state index is -0.444. The third kappa shape index (κ3) is 19.9. The highest BCUT2D eigenvalue weighted by Gasteiger charge is 2.51. The third-order valence-electron chi connectivity index (χ3n) is 24.7. The van der Waals surface area contributed by atoms with E-state index in [0.717, 1.165) is 110 Å². The molecule has 111 heavy (non-hydrogen) atoms. The van der Waals surface area contributed by atoms with E-state index >= 15 is 0 Å². The van der Waals surface area contributed by atoms with Gasteiger partial charge in [0.15, 0.2) is 5.78 Å². The Kier molecular flexibility index (Phi) is 29.0. The molecule has 17 atom stereocenters. The number of amides is 17. The lowest BCUT2D eigenvalue weighted by Crippen LogP contribution is -2.51. The van der Waals surface area contributed by atoms with Gasteiger partial charge in [0.2, 0.25) is 5.91 Å². The average Bonchev–Trinajstić information content (AvgIpc) is 1.72. The normalized spacial score (nSPS) is 32.5. The Morgan fingerprint density at radius 2 is 0.847 bits per heavy atom. The van der Waals surface area contributed by atoms with Crippen molar-refractivity contribution in [3.63, 3.8) is 0 Å². The minimum Gasteiger partial charge on any atom is -0.392 e. The number of β-amino-alcohol motifs (C(OH)–C–C–N with tert-alkyl or cyclic N) is 1. The topological polar surface area (TPSA) is 440 Å². The van der Waals surface area contributed by atoms with Crippen LogP contribution in [0.5, 0.6) is 0 Å². The monoisotopic (exact) mass is 1560 g/mol. The van der Waals surface area contributed by atoms with Gasteiger partial charge in [0.05, 0.1) is 81.4 Å². The maximum Gasteiger partial charge on any atom is 0.325 e. The van der Waals surface area contributed by atoms with Crippen LogP contribution in [0.15, 0.2) is 0 Å². The summed E-state index contributed by atoms with van der Waals surface area (Å²) in [4.78, 5) is 188.